The van der Waals surface area contributed by atoms with Crippen molar-refractivity contribution in [3.63, 3.8) is 0 Å². The van der Waals surface area contributed by atoms with Crippen molar-refractivity contribution in [1.29, 1.82) is 0 Å². The summed E-state index contributed by atoms with van der Waals surface area (Å²) in [6, 6.07) is 11.4. The molecule has 0 saturated carbocycles. The Balaban J connectivity index is 1.52. The largest absolute Gasteiger partial charge is 0.368 e. The Morgan fingerprint density at radius 3 is 2.54 bits per heavy atom. The number of anilines is 1. The third-order valence-electron chi connectivity index (χ3n) is 5.10. The number of aryl methyl sites for hydroxylation is 1. The average Bonchev–Trinajstić information content (AvgIpc) is 2.67. The van der Waals surface area contributed by atoms with Crippen molar-refractivity contribution in [2.75, 3.05) is 31.1 Å². The van der Waals surface area contributed by atoms with Gasteiger partial charge in [-0.05, 0) is 60.3 Å². The molecule has 0 unspecified atom stereocenters. The van der Waals surface area contributed by atoms with Gasteiger partial charge in [-0.1, -0.05) is 11.6 Å². The normalized spacial score (nSPS) is 14.5. The van der Waals surface area contributed by atoms with E-state index in [0.29, 0.717) is 42.1 Å². The number of nitrogens with one attached hydrogen (secondary N) is 1. The summed E-state index contributed by atoms with van der Waals surface area (Å²) in [5.74, 6) is -0.740. The van der Waals surface area contributed by atoms with Crippen LogP contribution in [0.2, 0.25) is 5.02 Å². The third-order valence-corrected chi connectivity index (χ3v) is 5.34. The second-order valence-corrected chi connectivity index (χ2v) is 7.39. The standard InChI is InChI=1S/C21H19ClFN3O2/c1-13-10-15(22)3-5-19(13)25-6-8-26(9-7-25)21(28)17-11-14-2-4-16(23)12-18(14)24-20(17)27/h2-5,10-12H,6-9H2,1H3,(H,24,27). The maximum atomic E-state index is 13.3. The van der Waals surface area contributed by atoms with Crippen molar-refractivity contribution < 1.29 is 9.18 Å². The van der Waals surface area contributed by atoms with Crippen LogP contribution in [0.5, 0.6) is 0 Å². The minimum absolute atomic E-state index is 0.0789. The molecule has 1 N–H and O–H groups in total. The number of amides is 1. The van der Waals surface area contributed by atoms with Gasteiger partial charge in [0.1, 0.15) is 11.4 Å². The molecular weight excluding hydrogens is 381 g/mol. The van der Waals surface area contributed by atoms with Crippen molar-refractivity contribution in [1.82, 2.24) is 9.88 Å². The van der Waals surface area contributed by atoms with Crippen LogP contribution >= 0.6 is 11.6 Å². The number of benzene rings is 2. The fraction of sp³-hybridized carbons (Fsp3) is 0.238. The Morgan fingerprint density at radius 1 is 1.07 bits per heavy atom. The summed E-state index contributed by atoms with van der Waals surface area (Å²) >= 11 is 6.03. The van der Waals surface area contributed by atoms with E-state index >= 15 is 0 Å². The van der Waals surface area contributed by atoms with Gasteiger partial charge in [-0.15, -0.1) is 0 Å². The first kappa shape index (κ1) is 18.5. The Kier molecular flexibility index (Phi) is 4.81. The number of nitrogens with zero attached hydrogens (tertiary/aromatic N) is 2. The van der Waals surface area contributed by atoms with Crippen molar-refractivity contribution >= 4 is 34.1 Å². The van der Waals surface area contributed by atoms with Crippen LogP contribution in [0.15, 0.2) is 47.3 Å². The molecule has 2 aromatic carbocycles. The monoisotopic (exact) mass is 399 g/mol. The molecule has 1 fully saturated rings. The lowest BCUT2D eigenvalue weighted by atomic mass is 10.1. The molecule has 1 aromatic heterocycles. The van der Waals surface area contributed by atoms with Gasteiger partial charge in [-0.25, -0.2) is 4.39 Å². The summed E-state index contributed by atoms with van der Waals surface area (Å²) in [6.07, 6.45) is 0. The van der Waals surface area contributed by atoms with Crippen LogP contribution in [0.4, 0.5) is 10.1 Å². The molecule has 1 amide bonds. The molecule has 2 heterocycles. The lowest BCUT2D eigenvalue weighted by molar-refractivity contribution is 0.0745. The first-order chi connectivity index (χ1) is 13.4. The van der Waals surface area contributed by atoms with Crippen LogP contribution in [0.25, 0.3) is 10.9 Å². The predicted molar refractivity (Wildman–Crippen MR) is 109 cm³/mol. The molecule has 4 rings (SSSR count). The number of aromatic amines is 1. The Hall–Kier alpha value is -2.86. The molecular formula is C21H19ClFN3O2. The van der Waals surface area contributed by atoms with Crippen LogP contribution in [0.3, 0.4) is 0 Å². The van der Waals surface area contributed by atoms with E-state index in [0.717, 1.165) is 11.3 Å². The highest BCUT2D eigenvalue weighted by Gasteiger charge is 2.25. The molecule has 1 saturated heterocycles. The fourth-order valence-electron chi connectivity index (χ4n) is 3.63. The summed E-state index contributed by atoms with van der Waals surface area (Å²) in [7, 11) is 0. The van der Waals surface area contributed by atoms with E-state index in [1.807, 2.05) is 25.1 Å². The van der Waals surface area contributed by atoms with E-state index in [4.69, 9.17) is 11.6 Å². The molecule has 1 aliphatic rings. The zero-order valence-corrected chi connectivity index (χ0v) is 16.1. The average molecular weight is 400 g/mol. The zero-order valence-electron chi connectivity index (χ0n) is 15.3. The number of hydrogen-bond donors (Lipinski definition) is 1. The molecule has 28 heavy (non-hydrogen) atoms. The van der Waals surface area contributed by atoms with Crippen LogP contribution < -0.4 is 10.5 Å². The van der Waals surface area contributed by atoms with Crippen molar-refractivity contribution in [3.8, 4) is 0 Å². The second kappa shape index (κ2) is 7.28. The number of aromatic nitrogens is 1. The summed E-state index contributed by atoms with van der Waals surface area (Å²) < 4.78 is 13.3. The number of piperazine rings is 1. The topological polar surface area (TPSA) is 56.4 Å². The smallest absolute Gasteiger partial charge is 0.261 e. The number of halogens is 2. The molecule has 0 spiro atoms. The Bertz CT molecular complexity index is 1120. The van der Waals surface area contributed by atoms with Gasteiger partial charge in [-0.3, -0.25) is 9.59 Å². The summed E-state index contributed by atoms with van der Waals surface area (Å²) in [6.45, 7) is 4.38. The van der Waals surface area contributed by atoms with Crippen molar-refractivity contribution in [2.45, 2.75) is 6.92 Å². The van der Waals surface area contributed by atoms with Gasteiger partial charge >= 0.3 is 0 Å². The molecule has 0 bridgehead atoms. The lowest BCUT2D eigenvalue weighted by Gasteiger charge is -2.36. The highest BCUT2D eigenvalue weighted by Crippen LogP contribution is 2.25. The quantitative estimate of drug-likeness (QED) is 0.716. The molecule has 0 aliphatic carbocycles. The predicted octanol–water partition coefficient (Wildman–Crippen LogP) is 3.59. The van der Waals surface area contributed by atoms with Gasteiger partial charge < -0.3 is 14.8 Å². The number of carbonyl (C=O) groups is 1. The summed E-state index contributed by atoms with van der Waals surface area (Å²) in [4.78, 5) is 31.7. The number of H-pyrrole nitrogens is 1. The minimum atomic E-state index is -0.501. The maximum absolute atomic E-state index is 13.3. The van der Waals surface area contributed by atoms with Crippen LogP contribution in [0, 0.1) is 12.7 Å². The van der Waals surface area contributed by atoms with E-state index in [-0.39, 0.29) is 11.5 Å². The van der Waals surface area contributed by atoms with Gasteiger partial charge in [-0.2, -0.15) is 0 Å². The van der Waals surface area contributed by atoms with Gasteiger partial charge in [0.2, 0.25) is 0 Å². The van der Waals surface area contributed by atoms with Crippen molar-refractivity contribution in [3.05, 3.63) is 74.8 Å². The van der Waals surface area contributed by atoms with E-state index in [9.17, 15) is 14.0 Å². The molecule has 0 atom stereocenters. The molecule has 1 aliphatic heterocycles. The van der Waals surface area contributed by atoms with Gasteiger partial charge in [0.15, 0.2) is 0 Å². The van der Waals surface area contributed by atoms with Gasteiger partial charge in [0, 0.05) is 36.9 Å². The maximum Gasteiger partial charge on any atom is 0.261 e. The summed E-state index contributed by atoms with van der Waals surface area (Å²) in [5.41, 5.74) is 2.14. The summed E-state index contributed by atoms with van der Waals surface area (Å²) in [5, 5.41) is 1.32. The molecule has 5 nitrogen and oxygen atoms in total. The minimum Gasteiger partial charge on any atom is -0.368 e. The lowest BCUT2D eigenvalue weighted by Crippen LogP contribution is -2.49. The first-order valence-corrected chi connectivity index (χ1v) is 9.43. The molecule has 0 radical (unpaired) electrons. The van der Waals surface area contributed by atoms with E-state index < -0.39 is 11.4 Å². The van der Waals surface area contributed by atoms with E-state index in [1.54, 1.807) is 11.0 Å². The van der Waals surface area contributed by atoms with E-state index in [2.05, 4.69) is 9.88 Å². The van der Waals surface area contributed by atoms with Crippen LogP contribution in [-0.2, 0) is 0 Å². The zero-order chi connectivity index (χ0) is 19.8. The highest BCUT2D eigenvalue weighted by atomic mass is 35.5. The number of carbonyl (C=O) groups excluding carboxylic acids is 1. The molecule has 3 aromatic rings. The third kappa shape index (κ3) is 3.47. The second-order valence-electron chi connectivity index (χ2n) is 6.95. The number of rotatable bonds is 2. The number of pyridine rings is 1. The fourth-order valence-corrected chi connectivity index (χ4v) is 3.85. The van der Waals surface area contributed by atoms with Crippen LogP contribution in [0.1, 0.15) is 15.9 Å². The van der Waals surface area contributed by atoms with Gasteiger partial charge in [0.25, 0.3) is 11.5 Å². The highest BCUT2D eigenvalue weighted by molar-refractivity contribution is 6.30. The van der Waals surface area contributed by atoms with Gasteiger partial charge in [0.05, 0.1) is 5.52 Å². The first-order valence-electron chi connectivity index (χ1n) is 9.05. The number of hydrogen-bond acceptors (Lipinski definition) is 3. The van der Waals surface area contributed by atoms with E-state index in [1.165, 1.54) is 18.2 Å². The Morgan fingerprint density at radius 2 is 1.82 bits per heavy atom. The SMILES string of the molecule is Cc1cc(Cl)ccc1N1CCN(C(=O)c2cc3ccc(F)cc3[nH]c2=O)CC1. The molecule has 7 heteroatoms. The molecule has 144 valence electrons. The van der Waals surface area contributed by atoms with Crippen molar-refractivity contribution in [2.24, 2.45) is 0 Å². The van der Waals surface area contributed by atoms with Crippen LogP contribution in [-0.4, -0.2) is 42.0 Å². The Labute approximate surface area is 166 Å². The number of fused-ring (bicyclic) bond motifs is 1.